The highest BCUT2D eigenvalue weighted by molar-refractivity contribution is 4.57. The molecule has 0 rings (SSSR count). The van der Waals surface area contributed by atoms with Gasteiger partial charge in [0.1, 0.15) is 0 Å². The highest BCUT2D eigenvalue weighted by Gasteiger charge is 2.00. The summed E-state index contributed by atoms with van der Waals surface area (Å²) in [6, 6.07) is -0.0997. The van der Waals surface area contributed by atoms with E-state index in [9.17, 15) is 0 Å². The predicted octanol–water partition coefficient (Wildman–Crippen LogP) is -0.608. The number of methoxy groups -OCH3 is 1. The maximum Gasteiger partial charge on any atom is 0.0701 e. The van der Waals surface area contributed by atoms with Crippen LogP contribution >= 0.6 is 0 Å². The van der Waals surface area contributed by atoms with Crippen molar-refractivity contribution in [3.63, 3.8) is 0 Å². The Morgan fingerprint density at radius 3 is 2.00 bits per heavy atom. The van der Waals surface area contributed by atoms with E-state index in [1.807, 2.05) is 0 Å². The topological polar surface area (TPSA) is 83.2 Å². The van der Waals surface area contributed by atoms with Crippen molar-refractivity contribution in [2.75, 3.05) is 60.0 Å². The van der Waals surface area contributed by atoms with Gasteiger partial charge in [0, 0.05) is 19.8 Å². The molecular weight excluding hydrogens is 226 g/mol. The van der Waals surface area contributed by atoms with E-state index in [1.54, 1.807) is 7.11 Å². The van der Waals surface area contributed by atoms with Crippen molar-refractivity contribution in [1.29, 1.82) is 0 Å². The number of nitrogens with two attached hydrogens (primary N) is 1. The summed E-state index contributed by atoms with van der Waals surface area (Å²) in [5, 5.41) is 8.61. The first-order chi connectivity index (χ1) is 8.31. The lowest BCUT2D eigenvalue weighted by atomic mass is 10.2. The van der Waals surface area contributed by atoms with Crippen molar-refractivity contribution in [3.05, 3.63) is 0 Å². The van der Waals surface area contributed by atoms with Gasteiger partial charge in [-0.25, -0.2) is 0 Å². The Bertz CT molecular complexity index is 148. The Balaban J connectivity index is 2.98. The first-order valence-corrected chi connectivity index (χ1v) is 5.90. The van der Waals surface area contributed by atoms with Crippen LogP contribution in [0.15, 0.2) is 0 Å². The van der Waals surface area contributed by atoms with Crippen LogP contribution in [0.2, 0.25) is 0 Å². The first-order valence-electron chi connectivity index (χ1n) is 5.90. The fraction of sp³-hybridized carbons (Fsp3) is 1.00. The number of aliphatic hydroxyl groups excluding tert-OH is 1. The van der Waals surface area contributed by atoms with Gasteiger partial charge in [0.05, 0.1) is 46.2 Å². The molecule has 1 atom stereocenters. The van der Waals surface area contributed by atoms with E-state index < -0.39 is 0 Å². The van der Waals surface area contributed by atoms with Gasteiger partial charge < -0.3 is 29.8 Å². The molecule has 0 saturated carbocycles. The zero-order chi connectivity index (χ0) is 12.8. The SMILES string of the molecule is COCCOCCOCCOCC(N)CCO. The Labute approximate surface area is 103 Å². The molecule has 0 radical (unpaired) electrons. The summed E-state index contributed by atoms with van der Waals surface area (Å²) in [5.41, 5.74) is 5.64. The Morgan fingerprint density at radius 1 is 0.941 bits per heavy atom. The second-order valence-electron chi connectivity index (χ2n) is 3.56. The maximum atomic E-state index is 8.61. The summed E-state index contributed by atoms with van der Waals surface area (Å²) in [4.78, 5) is 0. The monoisotopic (exact) mass is 251 g/mol. The summed E-state index contributed by atoms with van der Waals surface area (Å²) in [6.45, 7) is 3.90. The van der Waals surface area contributed by atoms with Crippen molar-refractivity contribution in [2.24, 2.45) is 5.73 Å². The summed E-state index contributed by atoms with van der Waals surface area (Å²) >= 11 is 0. The van der Waals surface area contributed by atoms with E-state index >= 15 is 0 Å². The molecule has 0 aromatic carbocycles. The Kier molecular flexibility index (Phi) is 13.6. The van der Waals surface area contributed by atoms with E-state index in [2.05, 4.69) is 0 Å². The third-order valence-electron chi connectivity index (χ3n) is 2.01. The third kappa shape index (κ3) is 13.7. The molecule has 0 heterocycles. The number of hydrogen-bond acceptors (Lipinski definition) is 6. The summed E-state index contributed by atoms with van der Waals surface area (Å²) < 4.78 is 20.6. The van der Waals surface area contributed by atoms with Crippen LogP contribution in [0, 0.1) is 0 Å². The highest BCUT2D eigenvalue weighted by atomic mass is 16.6. The molecule has 0 aliphatic carbocycles. The van der Waals surface area contributed by atoms with Gasteiger partial charge in [0.15, 0.2) is 0 Å². The van der Waals surface area contributed by atoms with Crippen LogP contribution in [0.3, 0.4) is 0 Å². The first kappa shape index (κ1) is 16.8. The lowest BCUT2D eigenvalue weighted by Crippen LogP contribution is -2.28. The van der Waals surface area contributed by atoms with E-state index in [0.717, 1.165) is 0 Å². The molecular formula is C11H25NO5. The van der Waals surface area contributed by atoms with Crippen LogP contribution in [-0.4, -0.2) is 71.1 Å². The molecule has 17 heavy (non-hydrogen) atoms. The minimum Gasteiger partial charge on any atom is -0.396 e. The quantitative estimate of drug-likeness (QED) is 0.425. The normalized spacial score (nSPS) is 12.9. The number of hydrogen-bond donors (Lipinski definition) is 2. The second-order valence-corrected chi connectivity index (χ2v) is 3.56. The van der Waals surface area contributed by atoms with Crippen LogP contribution in [-0.2, 0) is 18.9 Å². The lowest BCUT2D eigenvalue weighted by Gasteiger charge is -2.10. The molecule has 104 valence electrons. The molecule has 0 bridgehead atoms. The average molecular weight is 251 g/mol. The van der Waals surface area contributed by atoms with E-state index in [1.165, 1.54) is 0 Å². The number of ether oxygens (including phenoxy) is 4. The van der Waals surface area contributed by atoms with Crippen LogP contribution < -0.4 is 5.73 Å². The van der Waals surface area contributed by atoms with Gasteiger partial charge in [-0.05, 0) is 6.42 Å². The summed E-state index contributed by atoms with van der Waals surface area (Å²) in [5.74, 6) is 0. The van der Waals surface area contributed by atoms with Crippen LogP contribution in [0.1, 0.15) is 6.42 Å². The number of aliphatic hydroxyl groups is 1. The van der Waals surface area contributed by atoms with Gasteiger partial charge in [-0.1, -0.05) is 0 Å². The highest BCUT2D eigenvalue weighted by Crippen LogP contribution is 1.88. The Hall–Kier alpha value is -0.240. The standard InChI is InChI=1S/C11H25NO5/c1-14-4-5-15-6-7-16-8-9-17-10-11(12)2-3-13/h11,13H,2-10,12H2,1H3. The second kappa shape index (κ2) is 13.8. The molecule has 0 aliphatic heterocycles. The van der Waals surface area contributed by atoms with Gasteiger partial charge in [-0.3, -0.25) is 0 Å². The third-order valence-corrected chi connectivity index (χ3v) is 2.01. The van der Waals surface area contributed by atoms with Crippen molar-refractivity contribution >= 4 is 0 Å². The van der Waals surface area contributed by atoms with Gasteiger partial charge in [-0.2, -0.15) is 0 Å². The average Bonchev–Trinajstić information content (AvgIpc) is 2.32. The maximum absolute atomic E-state index is 8.61. The summed E-state index contributed by atoms with van der Waals surface area (Å²) in [6.07, 6.45) is 0.564. The van der Waals surface area contributed by atoms with E-state index in [4.69, 9.17) is 29.8 Å². The molecule has 1 unspecified atom stereocenters. The largest absolute Gasteiger partial charge is 0.396 e. The van der Waals surface area contributed by atoms with Gasteiger partial charge in [0.2, 0.25) is 0 Å². The van der Waals surface area contributed by atoms with Crippen molar-refractivity contribution in [1.82, 2.24) is 0 Å². The van der Waals surface area contributed by atoms with E-state index in [0.29, 0.717) is 52.7 Å². The minimum atomic E-state index is -0.0997. The molecule has 0 amide bonds. The molecule has 6 nitrogen and oxygen atoms in total. The molecule has 0 spiro atoms. The molecule has 0 aromatic rings. The fourth-order valence-electron chi connectivity index (χ4n) is 1.07. The Morgan fingerprint density at radius 2 is 1.47 bits per heavy atom. The predicted molar refractivity (Wildman–Crippen MR) is 64.0 cm³/mol. The summed E-state index contributed by atoms with van der Waals surface area (Å²) in [7, 11) is 1.64. The van der Waals surface area contributed by atoms with Crippen LogP contribution in [0.25, 0.3) is 0 Å². The van der Waals surface area contributed by atoms with Crippen LogP contribution in [0.4, 0.5) is 0 Å². The minimum absolute atomic E-state index is 0.0971. The van der Waals surface area contributed by atoms with E-state index in [-0.39, 0.29) is 12.6 Å². The zero-order valence-electron chi connectivity index (χ0n) is 10.6. The van der Waals surface area contributed by atoms with Gasteiger partial charge in [0.25, 0.3) is 0 Å². The molecule has 3 N–H and O–H groups in total. The van der Waals surface area contributed by atoms with Crippen LogP contribution in [0.5, 0.6) is 0 Å². The molecule has 0 fully saturated rings. The molecule has 0 aromatic heterocycles. The fourth-order valence-corrected chi connectivity index (χ4v) is 1.07. The lowest BCUT2D eigenvalue weighted by molar-refractivity contribution is 0.00138. The van der Waals surface area contributed by atoms with Gasteiger partial charge >= 0.3 is 0 Å². The molecule has 0 aliphatic rings. The number of rotatable bonds is 13. The van der Waals surface area contributed by atoms with Crippen molar-refractivity contribution < 1.29 is 24.1 Å². The van der Waals surface area contributed by atoms with Crippen molar-refractivity contribution in [3.8, 4) is 0 Å². The molecule has 0 saturated heterocycles. The van der Waals surface area contributed by atoms with Crippen molar-refractivity contribution in [2.45, 2.75) is 12.5 Å². The zero-order valence-corrected chi connectivity index (χ0v) is 10.6. The molecule has 6 heteroatoms. The van der Waals surface area contributed by atoms with Gasteiger partial charge in [-0.15, -0.1) is 0 Å². The smallest absolute Gasteiger partial charge is 0.0701 e.